The highest BCUT2D eigenvalue weighted by Gasteiger charge is 2.40. The fraction of sp³-hybridized carbons (Fsp3) is 0.0714. The van der Waals surface area contributed by atoms with E-state index in [-0.39, 0.29) is 5.03 Å². The van der Waals surface area contributed by atoms with E-state index in [1.807, 2.05) is 19.1 Å². The lowest BCUT2D eigenvalue weighted by Crippen LogP contribution is -2.44. The van der Waals surface area contributed by atoms with E-state index >= 15 is 4.21 Å². The monoisotopic (exact) mass is 519 g/mol. The summed E-state index contributed by atoms with van der Waals surface area (Å²) in [6.07, 6.45) is 2.20. The second-order valence-electron chi connectivity index (χ2n) is 8.31. The average molecular weight is 520 g/mol. The van der Waals surface area contributed by atoms with Crippen LogP contribution in [0.2, 0.25) is 0 Å². The number of hydrogen-bond donors (Lipinski definition) is 1. The Morgan fingerprint density at radius 3 is 1.97 bits per heavy atom. The number of aromatic nitrogens is 2. The van der Waals surface area contributed by atoms with Gasteiger partial charge >= 0.3 is 0 Å². The van der Waals surface area contributed by atoms with E-state index in [2.05, 4.69) is 9.97 Å². The number of nitrogens with two attached hydrogens (primary N) is 1. The van der Waals surface area contributed by atoms with Gasteiger partial charge in [0.15, 0.2) is 0 Å². The Labute approximate surface area is 212 Å². The van der Waals surface area contributed by atoms with Crippen LogP contribution in [0.3, 0.4) is 0 Å². The molecule has 0 bridgehead atoms. The van der Waals surface area contributed by atoms with E-state index in [0.717, 1.165) is 11.1 Å². The molecule has 2 aromatic heterocycles. The molecule has 3 aromatic carbocycles. The quantitative estimate of drug-likeness (QED) is 0.266. The first-order valence-corrected chi connectivity index (χ1v) is 14.1. The number of nitrogens with zero attached hydrogens (tertiary/aromatic N) is 2. The van der Waals surface area contributed by atoms with Crippen molar-refractivity contribution in [2.45, 2.75) is 28.2 Å². The summed E-state index contributed by atoms with van der Waals surface area (Å²) in [5.41, 5.74) is 1.44. The first kappa shape index (κ1) is 24.1. The highest BCUT2D eigenvalue weighted by atomic mass is 32.3. The van der Waals surface area contributed by atoms with Gasteiger partial charge in [0.25, 0.3) is 0 Å². The number of thiazole rings is 1. The summed E-state index contributed by atoms with van der Waals surface area (Å²) in [6.45, 7) is 1.96. The Hall–Kier alpha value is -3.59. The van der Waals surface area contributed by atoms with Gasteiger partial charge in [0.1, 0.15) is 16.7 Å². The van der Waals surface area contributed by atoms with Crippen molar-refractivity contribution in [2.75, 3.05) is 0 Å². The summed E-state index contributed by atoms with van der Waals surface area (Å²) in [4.78, 5) is 10.7. The fourth-order valence-electron chi connectivity index (χ4n) is 4.13. The van der Waals surface area contributed by atoms with Gasteiger partial charge < -0.3 is 0 Å². The van der Waals surface area contributed by atoms with Gasteiger partial charge in [-0.3, -0.25) is 9.35 Å². The Bertz CT molecular complexity index is 1560. The zero-order valence-electron chi connectivity index (χ0n) is 19.4. The fourth-order valence-corrected chi connectivity index (χ4v) is 7.93. The van der Waals surface area contributed by atoms with Crippen LogP contribution in [-0.2, 0) is 15.7 Å². The third kappa shape index (κ3) is 4.07. The van der Waals surface area contributed by atoms with E-state index < -0.39 is 20.9 Å². The molecule has 5 rings (SSSR count). The van der Waals surface area contributed by atoms with Crippen LogP contribution in [0, 0.1) is 11.6 Å². The molecule has 0 aliphatic rings. The van der Waals surface area contributed by atoms with Crippen LogP contribution in [0.1, 0.15) is 11.9 Å². The third-order valence-corrected chi connectivity index (χ3v) is 10.7. The minimum Gasteiger partial charge on any atom is -0.260 e. The van der Waals surface area contributed by atoms with Crippen molar-refractivity contribution >= 4 is 20.6 Å². The summed E-state index contributed by atoms with van der Waals surface area (Å²) < 4.78 is 43.2. The van der Waals surface area contributed by atoms with Crippen molar-refractivity contribution in [1.82, 2.24) is 9.97 Å². The van der Waals surface area contributed by atoms with Crippen molar-refractivity contribution < 1.29 is 13.0 Å². The molecule has 0 aliphatic heterocycles. The van der Waals surface area contributed by atoms with Crippen molar-refractivity contribution in [3.05, 3.63) is 114 Å². The maximum atomic E-state index is 15.1. The van der Waals surface area contributed by atoms with E-state index in [9.17, 15) is 8.78 Å². The van der Waals surface area contributed by atoms with Crippen LogP contribution in [-0.4, -0.2) is 14.2 Å². The molecule has 8 heteroatoms. The molecule has 4 nitrogen and oxygen atoms in total. The van der Waals surface area contributed by atoms with E-state index in [1.54, 1.807) is 66.9 Å². The van der Waals surface area contributed by atoms with Crippen molar-refractivity contribution in [2.24, 2.45) is 5.14 Å². The zero-order chi connectivity index (χ0) is 25.4. The van der Waals surface area contributed by atoms with Gasteiger partial charge in [-0.2, -0.15) is 0 Å². The molecule has 0 aliphatic carbocycles. The van der Waals surface area contributed by atoms with Crippen LogP contribution in [0.15, 0.2) is 112 Å². The normalized spacial score (nSPS) is 12.7. The van der Waals surface area contributed by atoms with Gasteiger partial charge in [0, 0.05) is 36.9 Å². The van der Waals surface area contributed by atoms with Crippen LogP contribution in [0.4, 0.5) is 8.78 Å². The molecule has 2 heterocycles. The second-order valence-corrected chi connectivity index (χ2v) is 12.8. The molecule has 0 fully saturated rings. The minimum atomic E-state index is -4.34. The molecule has 0 saturated heterocycles. The Morgan fingerprint density at radius 1 is 0.833 bits per heavy atom. The largest absolute Gasteiger partial charge is 0.260 e. The molecular formula is C28H23F2N3OS2. The molecule has 0 unspecified atom stereocenters. The smallest absolute Gasteiger partial charge is 0.126 e. The highest BCUT2D eigenvalue weighted by Crippen LogP contribution is 2.46. The van der Waals surface area contributed by atoms with Crippen LogP contribution >= 0.6 is 11.3 Å². The molecule has 0 saturated carbocycles. The number of rotatable bonds is 6. The van der Waals surface area contributed by atoms with Crippen LogP contribution < -0.4 is 5.14 Å². The summed E-state index contributed by atoms with van der Waals surface area (Å²) in [5.74, 6) is -1.37. The minimum absolute atomic E-state index is 0.199. The topological polar surface area (TPSA) is 68.9 Å². The highest BCUT2D eigenvalue weighted by molar-refractivity contribution is 8.18. The first-order chi connectivity index (χ1) is 17.3. The molecule has 5 aromatic rings. The lowest BCUT2D eigenvalue weighted by atomic mass is 10.1. The standard InChI is InChI=1S/C28H23F2N3OS2/c1-2-25-33-27(20-15-21(29)18-22(30)16-20)28(35-25)19-13-14-32-26(17-19)36(31,34,23-9-5-3-6-10-23)24-11-7-4-8-12-24/h3-18H,2H2,1H3,(H2,31,34). The Kier molecular flexibility index (Phi) is 6.12. The average Bonchev–Trinajstić information content (AvgIpc) is 3.34. The molecule has 36 heavy (non-hydrogen) atoms. The summed E-state index contributed by atoms with van der Waals surface area (Å²) in [7, 11) is -4.34. The van der Waals surface area contributed by atoms with Crippen molar-refractivity contribution in [1.29, 1.82) is 0 Å². The number of halogens is 2. The van der Waals surface area contributed by atoms with E-state index in [0.29, 0.717) is 37.9 Å². The summed E-state index contributed by atoms with van der Waals surface area (Å²) in [5, 5.41) is 7.96. The molecule has 0 amide bonds. The zero-order valence-corrected chi connectivity index (χ0v) is 21.0. The van der Waals surface area contributed by atoms with Gasteiger partial charge in [0.05, 0.1) is 15.6 Å². The molecule has 0 spiro atoms. The van der Waals surface area contributed by atoms with Gasteiger partial charge in [-0.05, 0) is 60.5 Å². The number of aryl methyl sites for hydroxylation is 1. The van der Waals surface area contributed by atoms with Gasteiger partial charge in [-0.1, -0.05) is 43.3 Å². The number of hydrogen-bond acceptors (Lipinski definition) is 4. The maximum absolute atomic E-state index is 15.1. The predicted octanol–water partition coefficient (Wildman–Crippen LogP) is 6.88. The van der Waals surface area contributed by atoms with Gasteiger partial charge in [0.2, 0.25) is 0 Å². The molecule has 0 atom stereocenters. The predicted molar refractivity (Wildman–Crippen MR) is 140 cm³/mol. The molecular weight excluding hydrogens is 496 g/mol. The third-order valence-electron chi connectivity index (χ3n) is 5.94. The van der Waals surface area contributed by atoms with Crippen molar-refractivity contribution in [3.63, 3.8) is 0 Å². The first-order valence-electron chi connectivity index (χ1n) is 11.3. The van der Waals surface area contributed by atoms with Gasteiger partial charge in [-0.25, -0.2) is 18.7 Å². The summed E-state index contributed by atoms with van der Waals surface area (Å²) in [6, 6.07) is 24.6. The Morgan fingerprint density at radius 2 is 1.42 bits per heavy atom. The number of pyridine rings is 1. The summed E-state index contributed by atoms with van der Waals surface area (Å²) >= 11 is 1.41. The SMILES string of the molecule is CCc1nc(-c2cc(F)cc(F)c2)c(-c2ccnc(S(N)(=O)(c3ccccc3)c3ccccc3)c2)s1. The molecule has 2 N–H and O–H groups in total. The van der Waals surface area contributed by atoms with Crippen LogP contribution in [0.5, 0.6) is 0 Å². The van der Waals surface area contributed by atoms with Crippen LogP contribution in [0.25, 0.3) is 21.7 Å². The second kappa shape index (κ2) is 9.13. The van der Waals surface area contributed by atoms with Gasteiger partial charge in [-0.15, -0.1) is 11.3 Å². The number of benzene rings is 3. The van der Waals surface area contributed by atoms with Crippen molar-refractivity contribution in [3.8, 4) is 21.7 Å². The Balaban J connectivity index is 1.75. The lowest BCUT2D eigenvalue weighted by molar-refractivity contribution is 0.584. The lowest BCUT2D eigenvalue weighted by Gasteiger charge is -2.38. The molecule has 0 radical (unpaired) electrons. The van der Waals surface area contributed by atoms with E-state index in [4.69, 9.17) is 5.14 Å². The maximum Gasteiger partial charge on any atom is 0.126 e. The van der Waals surface area contributed by atoms with E-state index in [1.165, 1.54) is 23.5 Å². The molecule has 182 valence electrons.